The summed E-state index contributed by atoms with van der Waals surface area (Å²) in [5.41, 5.74) is 7.23. The molecule has 1 fully saturated rings. The molecule has 142 valence electrons. The lowest BCUT2D eigenvalue weighted by Gasteiger charge is -2.25. The lowest BCUT2D eigenvalue weighted by Crippen LogP contribution is -2.37. The predicted molar refractivity (Wildman–Crippen MR) is 97.5 cm³/mol. The van der Waals surface area contributed by atoms with Crippen LogP contribution in [0, 0.1) is 0 Å². The number of aromatic amines is 1. The predicted octanol–water partition coefficient (Wildman–Crippen LogP) is 1.13. The first kappa shape index (κ1) is 18.6. The van der Waals surface area contributed by atoms with Crippen LogP contribution in [0.2, 0.25) is 0 Å². The number of rotatable bonds is 8. The molecule has 1 saturated heterocycles. The van der Waals surface area contributed by atoms with Crippen molar-refractivity contribution in [1.29, 1.82) is 0 Å². The van der Waals surface area contributed by atoms with Gasteiger partial charge in [0.1, 0.15) is 5.82 Å². The summed E-state index contributed by atoms with van der Waals surface area (Å²) in [5.74, 6) is 2.78. The maximum absolute atomic E-state index is 6.35. The summed E-state index contributed by atoms with van der Waals surface area (Å²) < 4.78 is 16.3. The van der Waals surface area contributed by atoms with Gasteiger partial charge in [-0.3, -0.25) is 10.00 Å². The van der Waals surface area contributed by atoms with Crippen LogP contribution < -0.4 is 15.2 Å². The van der Waals surface area contributed by atoms with Crippen LogP contribution in [0.3, 0.4) is 0 Å². The molecular formula is C18H27N5O3. The van der Waals surface area contributed by atoms with E-state index in [4.69, 9.17) is 19.9 Å². The quantitative estimate of drug-likeness (QED) is 0.727. The normalized spacial score (nSPS) is 16.4. The van der Waals surface area contributed by atoms with Crippen molar-refractivity contribution in [3.8, 4) is 11.5 Å². The lowest BCUT2D eigenvalue weighted by molar-refractivity contribution is 0.0382. The molecule has 8 heteroatoms. The van der Waals surface area contributed by atoms with Crippen molar-refractivity contribution >= 4 is 0 Å². The van der Waals surface area contributed by atoms with E-state index >= 15 is 0 Å². The molecule has 2 heterocycles. The minimum Gasteiger partial charge on any atom is -0.493 e. The van der Waals surface area contributed by atoms with E-state index in [2.05, 4.69) is 20.1 Å². The minimum atomic E-state index is -0.423. The van der Waals surface area contributed by atoms with Crippen LogP contribution in [0.15, 0.2) is 18.2 Å². The Kier molecular flexibility index (Phi) is 6.43. The first-order chi connectivity index (χ1) is 12.7. The van der Waals surface area contributed by atoms with E-state index in [0.29, 0.717) is 23.9 Å². The van der Waals surface area contributed by atoms with Gasteiger partial charge >= 0.3 is 0 Å². The first-order valence-corrected chi connectivity index (χ1v) is 8.99. The number of ether oxygens (including phenoxy) is 3. The average molecular weight is 361 g/mol. The fraction of sp³-hybridized carbons (Fsp3) is 0.556. The molecule has 0 spiro atoms. The van der Waals surface area contributed by atoms with Gasteiger partial charge in [0.05, 0.1) is 33.0 Å². The average Bonchev–Trinajstić information content (AvgIpc) is 3.16. The molecule has 3 N–H and O–H groups in total. The maximum Gasteiger partial charge on any atom is 0.171 e. The van der Waals surface area contributed by atoms with E-state index in [1.807, 2.05) is 25.1 Å². The fourth-order valence-electron chi connectivity index (χ4n) is 2.95. The molecule has 0 amide bonds. The highest BCUT2D eigenvalue weighted by Crippen LogP contribution is 2.30. The van der Waals surface area contributed by atoms with Crippen molar-refractivity contribution in [2.24, 2.45) is 5.73 Å². The molecule has 1 aromatic carbocycles. The van der Waals surface area contributed by atoms with Crippen LogP contribution in [-0.2, 0) is 11.2 Å². The van der Waals surface area contributed by atoms with Crippen molar-refractivity contribution < 1.29 is 14.2 Å². The van der Waals surface area contributed by atoms with Crippen molar-refractivity contribution in [2.75, 3.05) is 46.6 Å². The van der Waals surface area contributed by atoms with Gasteiger partial charge in [-0.15, -0.1) is 0 Å². The highest BCUT2D eigenvalue weighted by molar-refractivity contribution is 5.44. The lowest BCUT2D eigenvalue weighted by atomic mass is 10.1. The summed E-state index contributed by atoms with van der Waals surface area (Å²) in [5, 5.41) is 7.30. The number of hydrogen-bond donors (Lipinski definition) is 2. The summed E-state index contributed by atoms with van der Waals surface area (Å²) in [6, 6.07) is 5.23. The third-order valence-corrected chi connectivity index (χ3v) is 4.44. The molecule has 0 aliphatic carbocycles. The molecule has 0 bridgehead atoms. The highest BCUT2D eigenvalue weighted by Gasteiger charge is 2.18. The molecule has 26 heavy (non-hydrogen) atoms. The van der Waals surface area contributed by atoms with Crippen molar-refractivity contribution in [3.63, 3.8) is 0 Å². The molecule has 1 aromatic heterocycles. The fourth-order valence-corrected chi connectivity index (χ4v) is 2.95. The molecule has 0 radical (unpaired) electrons. The minimum absolute atomic E-state index is 0.423. The van der Waals surface area contributed by atoms with Crippen LogP contribution >= 0.6 is 0 Å². The van der Waals surface area contributed by atoms with Crippen LogP contribution in [0.25, 0.3) is 0 Å². The molecule has 1 aliphatic rings. The number of methoxy groups -OCH3 is 1. The third kappa shape index (κ3) is 4.51. The van der Waals surface area contributed by atoms with Crippen LogP contribution in [0.4, 0.5) is 0 Å². The number of nitrogens with one attached hydrogen (secondary N) is 1. The molecule has 3 rings (SSSR count). The second-order valence-electron chi connectivity index (χ2n) is 6.17. The van der Waals surface area contributed by atoms with Gasteiger partial charge in [-0.05, 0) is 24.6 Å². The summed E-state index contributed by atoms with van der Waals surface area (Å²) in [7, 11) is 1.61. The van der Waals surface area contributed by atoms with Crippen molar-refractivity contribution in [1.82, 2.24) is 20.1 Å². The standard InChI is InChI=1S/C18H27N5O3/c1-3-26-14-5-4-13(12-15(14)24-2)17(19)18-20-16(21-22-18)6-7-23-8-10-25-11-9-23/h4-5,12,17H,3,6-11,19H2,1-2H3,(H,20,21,22). The van der Waals surface area contributed by atoms with Gasteiger partial charge in [0, 0.05) is 26.1 Å². The molecular weight excluding hydrogens is 334 g/mol. The van der Waals surface area contributed by atoms with Crippen LogP contribution in [0.5, 0.6) is 11.5 Å². The summed E-state index contributed by atoms with van der Waals surface area (Å²) in [6.45, 7) is 6.97. The van der Waals surface area contributed by atoms with Gasteiger partial charge in [-0.2, -0.15) is 5.10 Å². The Bertz CT molecular complexity index is 700. The Morgan fingerprint density at radius 3 is 2.85 bits per heavy atom. The molecule has 0 saturated carbocycles. The second kappa shape index (κ2) is 8.98. The molecule has 2 aromatic rings. The Morgan fingerprint density at radius 2 is 2.12 bits per heavy atom. The number of morpholine rings is 1. The zero-order chi connectivity index (χ0) is 18.4. The number of nitrogens with zero attached hydrogens (tertiary/aromatic N) is 3. The number of hydrogen-bond acceptors (Lipinski definition) is 7. The zero-order valence-corrected chi connectivity index (χ0v) is 15.4. The van der Waals surface area contributed by atoms with Gasteiger partial charge in [0.25, 0.3) is 0 Å². The van der Waals surface area contributed by atoms with Gasteiger partial charge in [-0.1, -0.05) is 6.07 Å². The SMILES string of the molecule is CCOc1ccc(C(N)c2n[nH]c(CCN3CCOCC3)n2)cc1OC. The number of benzene rings is 1. The molecule has 1 unspecified atom stereocenters. The smallest absolute Gasteiger partial charge is 0.171 e. The van der Waals surface area contributed by atoms with Gasteiger partial charge in [0.15, 0.2) is 17.3 Å². The van der Waals surface area contributed by atoms with E-state index < -0.39 is 6.04 Å². The van der Waals surface area contributed by atoms with Crippen molar-refractivity contribution in [3.05, 3.63) is 35.4 Å². The monoisotopic (exact) mass is 361 g/mol. The Balaban J connectivity index is 1.64. The summed E-state index contributed by atoms with van der Waals surface area (Å²) in [6.07, 6.45) is 0.812. The second-order valence-corrected chi connectivity index (χ2v) is 6.17. The van der Waals surface area contributed by atoms with Gasteiger partial charge in [0.2, 0.25) is 0 Å². The van der Waals surface area contributed by atoms with E-state index in [9.17, 15) is 0 Å². The number of aromatic nitrogens is 3. The number of nitrogens with two attached hydrogens (primary N) is 1. The van der Waals surface area contributed by atoms with E-state index in [1.165, 1.54) is 0 Å². The Labute approximate surface area is 153 Å². The van der Waals surface area contributed by atoms with Crippen molar-refractivity contribution in [2.45, 2.75) is 19.4 Å². The third-order valence-electron chi connectivity index (χ3n) is 4.44. The Morgan fingerprint density at radius 1 is 1.31 bits per heavy atom. The largest absolute Gasteiger partial charge is 0.493 e. The maximum atomic E-state index is 6.35. The highest BCUT2D eigenvalue weighted by atomic mass is 16.5. The molecule has 8 nitrogen and oxygen atoms in total. The van der Waals surface area contributed by atoms with Gasteiger partial charge in [-0.25, -0.2) is 4.98 Å². The van der Waals surface area contributed by atoms with E-state index in [-0.39, 0.29) is 0 Å². The van der Waals surface area contributed by atoms with Gasteiger partial charge < -0.3 is 19.9 Å². The Hall–Kier alpha value is -2.16. The molecule has 1 atom stereocenters. The van der Waals surface area contributed by atoms with E-state index in [1.54, 1.807) is 7.11 Å². The number of H-pyrrole nitrogens is 1. The zero-order valence-electron chi connectivity index (χ0n) is 15.4. The van der Waals surface area contributed by atoms with Crippen LogP contribution in [0.1, 0.15) is 30.2 Å². The topological polar surface area (TPSA) is 98.5 Å². The van der Waals surface area contributed by atoms with Crippen LogP contribution in [-0.4, -0.2) is 66.6 Å². The summed E-state index contributed by atoms with van der Waals surface area (Å²) >= 11 is 0. The van der Waals surface area contributed by atoms with E-state index in [0.717, 1.165) is 50.7 Å². The summed E-state index contributed by atoms with van der Waals surface area (Å²) in [4.78, 5) is 6.93. The molecule has 1 aliphatic heterocycles. The first-order valence-electron chi connectivity index (χ1n) is 8.99.